The summed E-state index contributed by atoms with van der Waals surface area (Å²) in [7, 11) is 0. The standard InChI is InChI=1S/C22H22N2/c1-3-21-17-23(15-19-11-7-5-8-12-19)18-22(4-2)24(21)16-20-13-9-6-10-14-20/h1-2,5-14,21-22H,15-18H2. The van der Waals surface area contributed by atoms with Crippen LogP contribution < -0.4 is 0 Å². The molecule has 2 aromatic carbocycles. The van der Waals surface area contributed by atoms with Crippen molar-refractivity contribution in [3.8, 4) is 24.7 Å². The molecule has 120 valence electrons. The summed E-state index contributed by atoms with van der Waals surface area (Å²) >= 11 is 0. The van der Waals surface area contributed by atoms with Crippen LogP contribution in [0.2, 0.25) is 0 Å². The van der Waals surface area contributed by atoms with E-state index in [4.69, 9.17) is 12.8 Å². The maximum Gasteiger partial charge on any atom is 0.0853 e. The number of hydrogen-bond acceptors (Lipinski definition) is 2. The first-order valence-corrected chi connectivity index (χ1v) is 8.28. The quantitative estimate of drug-likeness (QED) is 0.801. The van der Waals surface area contributed by atoms with Crippen LogP contribution in [0.3, 0.4) is 0 Å². The number of piperazine rings is 1. The van der Waals surface area contributed by atoms with Crippen molar-refractivity contribution in [1.82, 2.24) is 9.80 Å². The molecule has 1 saturated heterocycles. The van der Waals surface area contributed by atoms with Crippen LogP contribution in [0, 0.1) is 24.7 Å². The lowest BCUT2D eigenvalue weighted by atomic mass is 10.0. The zero-order valence-electron chi connectivity index (χ0n) is 13.8. The van der Waals surface area contributed by atoms with Gasteiger partial charge in [-0.05, 0) is 11.1 Å². The summed E-state index contributed by atoms with van der Waals surface area (Å²) in [6.45, 7) is 3.37. The summed E-state index contributed by atoms with van der Waals surface area (Å²) < 4.78 is 0. The highest BCUT2D eigenvalue weighted by atomic mass is 15.3. The number of rotatable bonds is 4. The molecule has 1 aliphatic rings. The molecule has 2 nitrogen and oxygen atoms in total. The molecule has 0 bridgehead atoms. The van der Waals surface area contributed by atoms with E-state index < -0.39 is 0 Å². The Hall–Kier alpha value is -2.52. The van der Waals surface area contributed by atoms with Gasteiger partial charge >= 0.3 is 0 Å². The van der Waals surface area contributed by atoms with E-state index in [1.807, 2.05) is 12.1 Å². The van der Waals surface area contributed by atoms with E-state index in [-0.39, 0.29) is 12.1 Å². The van der Waals surface area contributed by atoms with Crippen molar-refractivity contribution in [1.29, 1.82) is 0 Å². The molecular weight excluding hydrogens is 292 g/mol. The second-order valence-electron chi connectivity index (χ2n) is 6.20. The molecule has 2 aromatic rings. The van der Waals surface area contributed by atoms with Gasteiger partial charge in [0.05, 0.1) is 12.1 Å². The van der Waals surface area contributed by atoms with Crippen molar-refractivity contribution < 1.29 is 0 Å². The topological polar surface area (TPSA) is 6.48 Å². The van der Waals surface area contributed by atoms with Crippen LogP contribution in [0.5, 0.6) is 0 Å². The smallest absolute Gasteiger partial charge is 0.0853 e. The highest BCUT2D eigenvalue weighted by molar-refractivity contribution is 5.20. The van der Waals surface area contributed by atoms with Crippen molar-refractivity contribution in [2.24, 2.45) is 0 Å². The fourth-order valence-corrected chi connectivity index (χ4v) is 3.27. The Balaban J connectivity index is 1.73. The lowest BCUT2D eigenvalue weighted by Gasteiger charge is -2.43. The fourth-order valence-electron chi connectivity index (χ4n) is 3.27. The van der Waals surface area contributed by atoms with Crippen LogP contribution in [0.25, 0.3) is 0 Å². The van der Waals surface area contributed by atoms with Gasteiger partial charge in [0.2, 0.25) is 0 Å². The van der Waals surface area contributed by atoms with Gasteiger partial charge in [-0.2, -0.15) is 0 Å². The predicted molar refractivity (Wildman–Crippen MR) is 98.9 cm³/mol. The third-order valence-corrected chi connectivity index (χ3v) is 4.50. The van der Waals surface area contributed by atoms with Crippen molar-refractivity contribution >= 4 is 0 Å². The molecule has 1 aliphatic heterocycles. The van der Waals surface area contributed by atoms with E-state index in [9.17, 15) is 0 Å². The second kappa shape index (κ2) is 7.84. The van der Waals surface area contributed by atoms with Crippen molar-refractivity contribution in [2.45, 2.75) is 25.2 Å². The minimum absolute atomic E-state index is 0.0312. The molecule has 0 amide bonds. The van der Waals surface area contributed by atoms with Crippen LogP contribution in [-0.4, -0.2) is 35.0 Å². The summed E-state index contributed by atoms with van der Waals surface area (Å²) in [5.41, 5.74) is 2.54. The monoisotopic (exact) mass is 314 g/mol. The molecule has 0 N–H and O–H groups in total. The first kappa shape index (κ1) is 16.3. The third-order valence-electron chi connectivity index (χ3n) is 4.50. The molecule has 2 heteroatoms. The Labute approximate surface area is 145 Å². The lowest BCUT2D eigenvalue weighted by molar-refractivity contribution is 0.0620. The van der Waals surface area contributed by atoms with Gasteiger partial charge < -0.3 is 0 Å². The van der Waals surface area contributed by atoms with E-state index in [1.54, 1.807) is 0 Å². The summed E-state index contributed by atoms with van der Waals surface area (Å²) in [4.78, 5) is 4.64. The SMILES string of the molecule is C#CC1CN(Cc2ccccc2)CC(C#C)N1Cc1ccccc1. The molecule has 0 aliphatic carbocycles. The maximum atomic E-state index is 5.83. The molecule has 3 rings (SSSR count). The average molecular weight is 314 g/mol. The molecule has 1 fully saturated rings. The molecule has 1 heterocycles. The largest absolute Gasteiger partial charge is 0.294 e. The number of hydrogen-bond donors (Lipinski definition) is 0. The highest BCUT2D eigenvalue weighted by Gasteiger charge is 2.32. The lowest BCUT2D eigenvalue weighted by Crippen LogP contribution is -2.57. The van der Waals surface area contributed by atoms with Crippen LogP contribution in [-0.2, 0) is 13.1 Å². The van der Waals surface area contributed by atoms with Gasteiger partial charge in [0.15, 0.2) is 0 Å². The Kier molecular flexibility index (Phi) is 5.34. The molecule has 0 aromatic heterocycles. The minimum atomic E-state index is 0.0312. The molecule has 2 unspecified atom stereocenters. The Morgan fingerprint density at radius 2 is 1.21 bits per heavy atom. The molecule has 2 atom stereocenters. The van der Waals surface area contributed by atoms with Gasteiger partial charge in [0, 0.05) is 26.2 Å². The van der Waals surface area contributed by atoms with E-state index >= 15 is 0 Å². The van der Waals surface area contributed by atoms with Gasteiger partial charge in [0.1, 0.15) is 0 Å². The Morgan fingerprint density at radius 1 is 0.750 bits per heavy atom. The van der Waals surface area contributed by atoms with E-state index in [1.165, 1.54) is 11.1 Å². The first-order valence-electron chi connectivity index (χ1n) is 8.28. The van der Waals surface area contributed by atoms with Gasteiger partial charge in [-0.15, -0.1) is 12.8 Å². The summed E-state index contributed by atoms with van der Waals surface area (Å²) in [6.07, 6.45) is 11.7. The van der Waals surface area contributed by atoms with Crippen LogP contribution in [0.4, 0.5) is 0 Å². The summed E-state index contributed by atoms with van der Waals surface area (Å²) in [6, 6.07) is 20.9. The summed E-state index contributed by atoms with van der Waals surface area (Å²) in [5.74, 6) is 5.89. The average Bonchev–Trinajstić information content (AvgIpc) is 2.64. The van der Waals surface area contributed by atoms with Crippen LogP contribution in [0.15, 0.2) is 60.7 Å². The van der Waals surface area contributed by atoms with Gasteiger partial charge in [-0.1, -0.05) is 72.5 Å². The van der Waals surface area contributed by atoms with Crippen molar-refractivity contribution in [3.63, 3.8) is 0 Å². The van der Waals surface area contributed by atoms with Gasteiger partial charge in [-0.3, -0.25) is 9.80 Å². The van der Waals surface area contributed by atoms with Crippen molar-refractivity contribution in [2.75, 3.05) is 13.1 Å². The normalized spacial score (nSPS) is 21.8. The Morgan fingerprint density at radius 3 is 1.67 bits per heavy atom. The zero-order chi connectivity index (χ0) is 16.8. The van der Waals surface area contributed by atoms with Gasteiger partial charge in [-0.25, -0.2) is 0 Å². The first-order chi connectivity index (χ1) is 11.8. The summed E-state index contributed by atoms with van der Waals surface area (Å²) in [5, 5.41) is 0. The molecule has 24 heavy (non-hydrogen) atoms. The fraction of sp³-hybridized carbons (Fsp3) is 0.273. The van der Waals surface area contributed by atoms with E-state index in [2.05, 4.69) is 70.2 Å². The van der Waals surface area contributed by atoms with Gasteiger partial charge in [0.25, 0.3) is 0 Å². The van der Waals surface area contributed by atoms with E-state index in [0.717, 1.165) is 26.2 Å². The van der Waals surface area contributed by atoms with Crippen LogP contribution >= 0.6 is 0 Å². The minimum Gasteiger partial charge on any atom is -0.294 e. The Bertz CT molecular complexity index is 700. The maximum absolute atomic E-state index is 5.83. The number of terminal acetylenes is 2. The van der Waals surface area contributed by atoms with E-state index in [0.29, 0.717) is 0 Å². The highest BCUT2D eigenvalue weighted by Crippen LogP contribution is 2.20. The zero-order valence-corrected chi connectivity index (χ0v) is 13.8. The molecule has 0 saturated carbocycles. The molecule has 0 spiro atoms. The number of nitrogens with zero attached hydrogens (tertiary/aromatic N) is 2. The predicted octanol–water partition coefficient (Wildman–Crippen LogP) is 3.01. The van der Waals surface area contributed by atoms with Crippen LogP contribution in [0.1, 0.15) is 11.1 Å². The molecule has 0 radical (unpaired) electrons. The number of benzene rings is 2. The van der Waals surface area contributed by atoms with Crippen molar-refractivity contribution in [3.05, 3.63) is 71.8 Å². The molecular formula is C22H22N2. The third kappa shape index (κ3) is 3.87. The second-order valence-corrected chi connectivity index (χ2v) is 6.20.